The Morgan fingerprint density at radius 2 is 1.66 bits per heavy atom. The highest BCUT2D eigenvalue weighted by atomic mass is 32.2. The van der Waals surface area contributed by atoms with Crippen molar-refractivity contribution < 1.29 is 13.2 Å². The van der Waals surface area contributed by atoms with E-state index >= 15 is 0 Å². The van der Waals surface area contributed by atoms with Crippen molar-refractivity contribution in [2.45, 2.75) is 37.6 Å². The SMILES string of the molecule is CC(C)c1ccc(CN2CCc3cc(C(=O)NS(=O)(=O)c4ccc5ccccc5c4)ccc32)cc1. The first-order valence-electron chi connectivity index (χ1n) is 11.8. The largest absolute Gasteiger partial charge is 0.367 e. The van der Waals surface area contributed by atoms with Gasteiger partial charge in [-0.25, -0.2) is 13.1 Å². The van der Waals surface area contributed by atoms with Gasteiger partial charge in [-0.05, 0) is 70.1 Å². The van der Waals surface area contributed by atoms with Crippen LogP contribution in [0.1, 0.15) is 46.8 Å². The fraction of sp³-hybridized carbons (Fsp3) is 0.207. The molecule has 1 amide bonds. The summed E-state index contributed by atoms with van der Waals surface area (Å²) < 4.78 is 28.0. The van der Waals surface area contributed by atoms with Gasteiger partial charge in [-0.2, -0.15) is 0 Å². The zero-order valence-corrected chi connectivity index (χ0v) is 20.7. The first-order valence-corrected chi connectivity index (χ1v) is 13.3. The average Bonchev–Trinajstić information content (AvgIpc) is 3.25. The Morgan fingerprint density at radius 3 is 2.40 bits per heavy atom. The smallest absolute Gasteiger partial charge is 0.265 e. The Bertz CT molecular complexity index is 1510. The number of benzene rings is 4. The van der Waals surface area contributed by atoms with Crippen LogP contribution < -0.4 is 9.62 Å². The van der Waals surface area contributed by atoms with E-state index in [4.69, 9.17) is 0 Å². The number of carbonyl (C=O) groups excluding carboxylic acids is 1. The van der Waals surface area contributed by atoms with E-state index in [1.54, 1.807) is 18.2 Å². The monoisotopic (exact) mass is 484 g/mol. The van der Waals surface area contributed by atoms with Crippen LogP contribution in [0.2, 0.25) is 0 Å². The minimum absolute atomic E-state index is 0.0698. The van der Waals surface area contributed by atoms with Gasteiger partial charge in [-0.3, -0.25) is 4.79 Å². The Balaban J connectivity index is 1.31. The molecule has 1 aliphatic rings. The van der Waals surface area contributed by atoms with Crippen LogP contribution in [0, 0.1) is 0 Å². The van der Waals surface area contributed by atoms with Gasteiger partial charge in [-0.1, -0.05) is 68.4 Å². The van der Waals surface area contributed by atoms with Gasteiger partial charge in [0, 0.05) is 24.3 Å². The standard InChI is InChI=1S/C29H28N2O3S/c1-20(2)22-9-7-21(8-10-22)19-31-16-15-25-17-26(12-14-28(25)31)29(32)30-35(33,34)27-13-11-23-5-3-4-6-24(23)18-27/h3-14,17-18,20H,15-16,19H2,1-2H3,(H,30,32). The Kier molecular flexibility index (Phi) is 6.07. The first-order chi connectivity index (χ1) is 16.8. The van der Waals surface area contributed by atoms with Crippen LogP contribution >= 0.6 is 0 Å². The van der Waals surface area contributed by atoms with Crippen LogP contribution in [0.4, 0.5) is 5.69 Å². The Hall–Kier alpha value is -3.64. The minimum Gasteiger partial charge on any atom is -0.367 e. The molecule has 0 bridgehead atoms. The molecule has 1 heterocycles. The molecule has 1 N–H and O–H groups in total. The lowest BCUT2D eigenvalue weighted by Gasteiger charge is -2.20. The van der Waals surface area contributed by atoms with Gasteiger partial charge in [-0.15, -0.1) is 0 Å². The number of nitrogens with zero attached hydrogens (tertiary/aromatic N) is 1. The van der Waals surface area contributed by atoms with E-state index in [1.807, 2.05) is 36.4 Å². The second-order valence-electron chi connectivity index (χ2n) is 9.35. The molecule has 0 spiro atoms. The number of amides is 1. The van der Waals surface area contributed by atoms with Gasteiger partial charge in [0.05, 0.1) is 4.90 Å². The van der Waals surface area contributed by atoms with Crippen LogP contribution in [0.3, 0.4) is 0 Å². The molecular weight excluding hydrogens is 456 g/mol. The molecule has 0 atom stereocenters. The first kappa shape index (κ1) is 23.1. The van der Waals surface area contributed by atoms with E-state index in [9.17, 15) is 13.2 Å². The summed E-state index contributed by atoms with van der Waals surface area (Å²) in [6, 6.07) is 26.5. The second-order valence-corrected chi connectivity index (χ2v) is 11.0. The summed E-state index contributed by atoms with van der Waals surface area (Å²) >= 11 is 0. The molecule has 1 aliphatic heterocycles. The van der Waals surface area contributed by atoms with E-state index in [-0.39, 0.29) is 4.90 Å². The number of fused-ring (bicyclic) bond motifs is 2. The summed E-state index contributed by atoms with van der Waals surface area (Å²) in [6.07, 6.45) is 0.817. The molecule has 35 heavy (non-hydrogen) atoms. The molecule has 0 radical (unpaired) electrons. The minimum atomic E-state index is -3.98. The molecule has 4 aromatic rings. The topological polar surface area (TPSA) is 66.5 Å². The third-order valence-electron chi connectivity index (χ3n) is 6.61. The highest BCUT2D eigenvalue weighted by Gasteiger charge is 2.23. The van der Waals surface area contributed by atoms with Crippen molar-refractivity contribution in [1.29, 1.82) is 0 Å². The van der Waals surface area contributed by atoms with Crippen molar-refractivity contribution in [3.63, 3.8) is 0 Å². The van der Waals surface area contributed by atoms with Crippen LogP contribution in [0.15, 0.2) is 89.8 Å². The fourth-order valence-electron chi connectivity index (χ4n) is 4.58. The maximum Gasteiger partial charge on any atom is 0.265 e. The van der Waals surface area contributed by atoms with E-state index in [0.29, 0.717) is 11.5 Å². The van der Waals surface area contributed by atoms with Crippen molar-refractivity contribution in [2.24, 2.45) is 0 Å². The number of hydrogen-bond donors (Lipinski definition) is 1. The van der Waals surface area contributed by atoms with Crippen molar-refractivity contribution in [3.05, 3.63) is 107 Å². The van der Waals surface area contributed by atoms with Gasteiger partial charge < -0.3 is 4.90 Å². The highest BCUT2D eigenvalue weighted by Crippen LogP contribution is 2.30. The number of rotatable bonds is 6. The lowest BCUT2D eigenvalue weighted by molar-refractivity contribution is 0.0981. The van der Waals surface area contributed by atoms with Crippen LogP contribution in [-0.2, 0) is 23.0 Å². The molecule has 0 aromatic heterocycles. The lowest BCUT2D eigenvalue weighted by atomic mass is 10.0. The van der Waals surface area contributed by atoms with E-state index < -0.39 is 15.9 Å². The fourth-order valence-corrected chi connectivity index (χ4v) is 5.59. The summed E-state index contributed by atoms with van der Waals surface area (Å²) in [4.78, 5) is 15.2. The van der Waals surface area contributed by atoms with Gasteiger partial charge in [0.15, 0.2) is 0 Å². The highest BCUT2D eigenvalue weighted by molar-refractivity contribution is 7.90. The molecule has 6 heteroatoms. The molecule has 0 unspecified atom stereocenters. The summed E-state index contributed by atoms with van der Waals surface area (Å²) in [6.45, 7) is 6.04. The summed E-state index contributed by atoms with van der Waals surface area (Å²) in [5.41, 5.74) is 5.05. The van der Waals surface area contributed by atoms with Gasteiger partial charge in [0.25, 0.3) is 15.9 Å². The quantitative estimate of drug-likeness (QED) is 0.384. The lowest BCUT2D eigenvalue weighted by Crippen LogP contribution is -2.30. The Labute approximate surface area is 206 Å². The second kappa shape index (κ2) is 9.19. The van der Waals surface area contributed by atoms with E-state index in [0.717, 1.165) is 41.5 Å². The predicted octanol–water partition coefficient (Wildman–Crippen LogP) is 5.64. The molecule has 0 aliphatic carbocycles. The number of nitrogens with one attached hydrogen (secondary N) is 1. The van der Waals surface area contributed by atoms with Crippen molar-refractivity contribution in [3.8, 4) is 0 Å². The summed E-state index contributed by atoms with van der Waals surface area (Å²) in [5.74, 6) is -0.116. The number of carbonyl (C=O) groups is 1. The third kappa shape index (κ3) is 4.80. The van der Waals surface area contributed by atoms with Crippen LogP contribution in [0.25, 0.3) is 10.8 Å². The number of sulfonamides is 1. The zero-order chi connectivity index (χ0) is 24.6. The molecule has 0 saturated carbocycles. The Morgan fingerprint density at radius 1 is 0.914 bits per heavy atom. The normalized spacial score (nSPS) is 13.3. The van der Waals surface area contributed by atoms with Crippen molar-refractivity contribution in [1.82, 2.24) is 4.72 Å². The van der Waals surface area contributed by atoms with Crippen molar-refractivity contribution >= 4 is 32.4 Å². The molecule has 5 rings (SSSR count). The number of hydrogen-bond acceptors (Lipinski definition) is 4. The van der Waals surface area contributed by atoms with Gasteiger partial charge in [0.1, 0.15) is 0 Å². The van der Waals surface area contributed by atoms with E-state index in [2.05, 4.69) is 47.7 Å². The zero-order valence-electron chi connectivity index (χ0n) is 19.9. The molecule has 0 fully saturated rings. The molecule has 5 nitrogen and oxygen atoms in total. The molecule has 4 aromatic carbocycles. The maximum absolute atomic E-state index is 12.9. The van der Waals surface area contributed by atoms with Gasteiger partial charge >= 0.3 is 0 Å². The molecular formula is C29H28N2O3S. The average molecular weight is 485 g/mol. The maximum atomic E-state index is 12.9. The van der Waals surface area contributed by atoms with Crippen LogP contribution in [0.5, 0.6) is 0 Å². The summed E-state index contributed by atoms with van der Waals surface area (Å²) in [7, 11) is -3.98. The van der Waals surface area contributed by atoms with Crippen LogP contribution in [-0.4, -0.2) is 20.9 Å². The van der Waals surface area contributed by atoms with Crippen molar-refractivity contribution in [2.75, 3.05) is 11.4 Å². The summed E-state index contributed by atoms with van der Waals surface area (Å²) in [5, 5.41) is 1.75. The number of anilines is 1. The van der Waals surface area contributed by atoms with E-state index in [1.165, 1.54) is 17.2 Å². The van der Waals surface area contributed by atoms with Gasteiger partial charge in [0.2, 0.25) is 0 Å². The predicted molar refractivity (Wildman–Crippen MR) is 140 cm³/mol. The molecule has 178 valence electrons. The third-order valence-corrected chi connectivity index (χ3v) is 7.94. The molecule has 0 saturated heterocycles.